The van der Waals surface area contributed by atoms with Crippen molar-refractivity contribution in [3.05, 3.63) is 12.2 Å². The second-order valence-corrected chi connectivity index (χ2v) is 5.43. The van der Waals surface area contributed by atoms with Crippen molar-refractivity contribution in [2.24, 2.45) is 5.41 Å². The Kier molecular flexibility index (Phi) is 2.60. The number of aliphatic hydroxyl groups is 1. The van der Waals surface area contributed by atoms with Crippen molar-refractivity contribution in [2.75, 3.05) is 11.5 Å². The van der Waals surface area contributed by atoms with Gasteiger partial charge in [0.25, 0.3) is 0 Å². The third-order valence-corrected chi connectivity index (χ3v) is 4.12. The predicted molar refractivity (Wildman–Crippen MR) is 55.5 cm³/mol. The average molecular weight is 186 g/mol. The molecule has 1 heterocycles. The molecule has 1 N–H and O–H groups in total. The highest BCUT2D eigenvalue weighted by Crippen LogP contribution is 2.45. The molecule has 2 heteroatoms. The first-order chi connectivity index (χ1) is 5.40. The predicted octanol–water partition coefficient (Wildman–Crippen LogP) is 2.46. The SMILES string of the molecule is C=C(C)C1(O)CSCCC1(C)C. The zero-order valence-corrected chi connectivity index (χ0v) is 9.00. The summed E-state index contributed by atoms with van der Waals surface area (Å²) < 4.78 is 0. The normalized spacial score (nSPS) is 34.7. The minimum atomic E-state index is -0.657. The molecule has 0 aliphatic carbocycles. The van der Waals surface area contributed by atoms with Gasteiger partial charge in [0, 0.05) is 5.75 Å². The van der Waals surface area contributed by atoms with Crippen LogP contribution in [0.4, 0.5) is 0 Å². The van der Waals surface area contributed by atoms with Crippen molar-refractivity contribution in [1.29, 1.82) is 0 Å². The molecule has 1 aliphatic heterocycles. The van der Waals surface area contributed by atoms with Crippen LogP contribution in [-0.2, 0) is 0 Å². The molecule has 0 aromatic rings. The van der Waals surface area contributed by atoms with Crippen molar-refractivity contribution in [3.8, 4) is 0 Å². The van der Waals surface area contributed by atoms with Gasteiger partial charge in [-0.15, -0.1) is 0 Å². The van der Waals surface area contributed by atoms with Gasteiger partial charge in [-0.2, -0.15) is 11.8 Å². The maximum atomic E-state index is 10.4. The van der Waals surface area contributed by atoms with Gasteiger partial charge in [-0.05, 0) is 30.1 Å². The van der Waals surface area contributed by atoms with Gasteiger partial charge >= 0.3 is 0 Å². The van der Waals surface area contributed by atoms with Crippen LogP contribution in [0.5, 0.6) is 0 Å². The van der Waals surface area contributed by atoms with E-state index in [1.165, 1.54) is 0 Å². The summed E-state index contributed by atoms with van der Waals surface area (Å²) in [5.74, 6) is 1.96. The van der Waals surface area contributed by atoms with Gasteiger partial charge in [0.1, 0.15) is 0 Å². The summed E-state index contributed by atoms with van der Waals surface area (Å²) >= 11 is 1.82. The molecule has 1 saturated heterocycles. The van der Waals surface area contributed by atoms with E-state index in [1.54, 1.807) is 0 Å². The Bertz CT molecular complexity index is 198. The molecule has 1 aliphatic rings. The van der Waals surface area contributed by atoms with E-state index in [0.717, 1.165) is 23.5 Å². The first-order valence-electron chi connectivity index (χ1n) is 4.36. The van der Waals surface area contributed by atoms with E-state index in [-0.39, 0.29) is 5.41 Å². The fourth-order valence-corrected chi connectivity index (χ4v) is 3.38. The molecule has 0 aromatic heterocycles. The van der Waals surface area contributed by atoms with Crippen LogP contribution in [0, 0.1) is 5.41 Å². The molecule has 0 amide bonds. The Labute approximate surface area is 79.2 Å². The van der Waals surface area contributed by atoms with Gasteiger partial charge in [-0.1, -0.05) is 20.4 Å². The summed E-state index contributed by atoms with van der Waals surface area (Å²) in [5, 5.41) is 10.4. The first-order valence-corrected chi connectivity index (χ1v) is 5.52. The molecule has 70 valence electrons. The Morgan fingerprint density at radius 3 is 2.42 bits per heavy atom. The Balaban J connectivity index is 2.91. The molecule has 0 saturated carbocycles. The van der Waals surface area contributed by atoms with Crippen LogP contribution in [0.1, 0.15) is 27.2 Å². The molecule has 0 bridgehead atoms. The van der Waals surface area contributed by atoms with Gasteiger partial charge in [-0.3, -0.25) is 0 Å². The topological polar surface area (TPSA) is 20.2 Å². The zero-order chi connectivity index (χ0) is 9.41. The summed E-state index contributed by atoms with van der Waals surface area (Å²) in [4.78, 5) is 0. The summed E-state index contributed by atoms with van der Waals surface area (Å²) in [6.45, 7) is 10.1. The van der Waals surface area contributed by atoms with Crippen molar-refractivity contribution in [2.45, 2.75) is 32.8 Å². The lowest BCUT2D eigenvalue weighted by Gasteiger charge is -2.46. The third-order valence-electron chi connectivity index (χ3n) is 3.01. The maximum Gasteiger partial charge on any atom is 0.0992 e. The van der Waals surface area contributed by atoms with Gasteiger partial charge in [-0.25, -0.2) is 0 Å². The van der Waals surface area contributed by atoms with Crippen molar-refractivity contribution in [3.63, 3.8) is 0 Å². The number of rotatable bonds is 1. The van der Waals surface area contributed by atoms with E-state index in [0.29, 0.717) is 0 Å². The molecule has 12 heavy (non-hydrogen) atoms. The molecular formula is C10H18OS. The molecule has 1 fully saturated rings. The minimum absolute atomic E-state index is 0.00984. The minimum Gasteiger partial charge on any atom is -0.384 e. The number of hydrogen-bond acceptors (Lipinski definition) is 2. The molecule has 0 aromatic carbocycles. The molecule has 0 radical (unpaired) electrons. The van der Waals surface area contributed by atoms with E-state index < -0.39 is 5.60 Å². The highest BCUT2D eigenvalue weighted by molar-refractivity contribution is 7.99. The molecule has 0 spiro atoms. The Morgan fingerprint density at radius 1 is 1.50 bits per heavy atom. The Hall–Kier alpha value is 0.0500. The summed E-state index contributed by atoms with van der Waals surface area (Å²) in [6.07, 6.45) is 1.07. The van der Waals surface area contributed by atoms with Crippen molar-refractivity contribution >= 4 is 11.8 Å². The third kappa shape index (κ3) is 1.42. The van der Waals surface area contributed by atoms with E-state index in [4.69, 9.17) is 0 Å². The smallest absolute Gasteiger partial charge is 0.0992 e. The van der Waals surface area contributed by atoms with Crippen LogP contribution in [0.3, 0.4) is 0 Å². The van der Waals surface area contributed by atoms with Gasteiger partial charge in [0.05, 0.1) is 5.60 Å². The molecule has 1 unspecified atom stereocenters. The molecule has 1 atom stereocenters. The lowest BCUT2D eigenvalue weighted by atomic mass is 9.70. The lowest BCUT2D eigenvalue weighted by molar-refractivity contribution is -0.0189. The fraction of sp³-hybridized carbons (Fsp3) is 0.800. The second kappa shape index (κ2) is 3.08. The summed E-state index contributed by atoms with van der Waals surface area (Å²) in [7, 11) is 0. The van der Waals surface area contributed by atoms with Gasteiger partial charge in [0.15, 0.2) is 0 Å². The Morgan fingerprint density at radius 2 is 2.08 bits per heavy atom. The largest absolute Gasteiger partial charge is 0.384 e. The number of hydrogen-bond donors (Lipinski definition) is 1. The quantitative estimate of drug-likeness (QED) is 0.635. The van der Waals surface area contributed by atoms with Crippen LogP contribution in [0.2, 0.25) is 0 Å². The van der Waals surface area contributed by atoms with E-state index in [2.05, 4.69) is 20.4 Å². The standard InChI is InChI=1S/C10H18OS/c1-8(2)10(11)7-12-6-5-9(10,3)4/h11H,1,5-7H2,2-4H3. The fourth-order valence-electron chi connectivity index (χ4n) is 1.65. The van der Waals surface area contributed by atoms with Crippen LogP contribution < -0.4 is 0 Å². The van der Waals surface area contributed by atoms with Gasteiger partial charge in [0.2, 0.25) is 0 Å². The van der Waals surface area contributed by atoms with Gasteiger partial charge < -0.3 is 5.11 Å². The number of thioether (sulfide) groups is 1. The van der Waals surface area contributed by atoms with Crippen LogP contribution >= 0.6 is 11.8 Å². The zero-order valence-electron chi connectivity index (χ0n) is 8.18. The summed E-state index contributed by atoms with van der Waals surface area (Å²) in [5.41, 5.74) is 0.236. The van der Waals surface area contributed by atoms with E-state index >= 15 is 0 Å². The van der Waals surface area contributed by atoms with E-state index in [9.17, 15) is 5.11 Å². The average Bonchev–Trinajstić information content (AvgIpc) is 1.95. The summed E-state index contributed by atoms with van der Waals surface area (Å²) in [6, 6.07) is 0. The molecule has 1 nitrogen and oxygen atoms in total. The lowest BCUT2D eigenvalue weighted by Crippen LogP contribution is -2.50. The van der Waals surface area contributed by atoms with Crippen LogP contribution in [-0.4, -0.2) is 22.2 Å². The highest BCUT2D eigenvalue weighted by Gasteiger charge is 2.45. The van der Waals surface area contributed by atoms with Crippen LogP contribution in [0.15, 0.2) is 12.2 Å². The van der Waals surface area contributed by atoms with Crippen molar-refractivity contribution in [1.82, 2.24) is 0 Å². The molecular weight excluding hydrogens is 168 g/mol. The van der Waals surface area contributed by atoms with Crippen LogP contribution in [0.25, 0.3) is 0 Å². The highest BCUT2D eigenvalue weighted by atomic mass is 32.2. The van der Waals surface area contributed by atoms with Crippen molar-refractivity contribution < 1.29 is 5.11 Å². The maximum absolute atomic E-state index is 10.4. The van der Waals surface area contributed by atoms with E-state index in [1.807, 2.05) is 18.7 Å². The molecule has 1 rings (SSSR count). The second-order valence-electron chi connectivity index (χ2n) is 4.33. The monoisotopic (exact) mass is 186 g/mol. The first kappa shape index (κ1) is 10.1.